The van der Waals surface area contributed by atoms with Crippen molar-refractivity contribution in [2.75, 3.05) is 16.8 Å². The number of hydrogen-bond donors (Lipinski definition) is 2. The molecule has 2 N–H and O–H groups in total. The van der Waals surface area contributed by atoms with E-state index in [1.165, 1.54) is 13.8 Å². The Kier molecular flexibility index (Phi) is 3.96. The predicted molar refractivity (Wildman–Crippen MR) is 112 cm³/mol. The van der Waals surface area contributed by atoms with Gasteiger partial charge in [0.15, 0.2) is 27.3 Å². The van der Waals surface area contributed by atoms with Gasteiger partial charge in [0.1, 0.15) is 5.69 Å². The van der Waals surface area contributed by atoms with Crippen LogP contribution in [-0.4, -0.2) is 47.6 Å². The number of sulfone groups is 1. The number of carbonyl (C=O) groups is 3. The molecule has 34 heavy (non-hydrogen) atoms. The molecule has 7 rings (SSSR count). The molecule has 1 saturated heterocycles. The lowest BCUT2D eigenvalue weighted by Gasteiger charge is -2.38. The smallest absolute Gasteiger partial charge is 0.292 e. The molecular formula is C22H18F3N3O5S. The standard InChI is InChI=1S/C22H18F3N3O5S/c1-7-11(19(29)21(31)27-22(2)5-34(32,33)6-22)17-12-13-14(12)18(13)28(17)16(7)20(30)26-8-3-9(23)15(25)10(24)4-8/h3-4,12-14,18H,5-6H2,1-2H3,(H,26,30)(H,27,31)/t12?,13-,14?,18?/m0/s1. The summed E-state index contributed by atoms with van der Waals surface area (Å²) < 4.78 is 65.2. The number of ketones is 1. The van der Waals surface area contributed by atoms with Crippen LogP contribution in [0.4, 0.5) is 18.9 Å². The fraction of sp³-hybridized carbons (Fsp3) is 0.409. The van der Waals surface area contributed by atoms with Crippen LogP contribution in [0.2, 0.25) is 0 Å². The Morgan fingerprint density at radius 2 is 1.68 bits per heavy atom. The summed E-state index contributed by atoms with van der Waals surface area (Å²) in [6.07, 6.45) is 0. The van der Waals surface area contributed by atoms with Gasteiger partial charge in [-0.1, -0.05) is 0 Å². The average Bonchev–Trinajstić information content (AvgIpc) is 3.49. The lowest BCUT2D eigenvalue weighted by Crippen LogP contribution is -2.64. The molecule has 2 aromatic rings. The maximum Gasteiger partial charge on any atom is 0.292 e. The van der Waals surface area contributed by atoms with Crippen molar-refractivity contribution in [1.29, 1.82) is 0 Å². The van der Waals surface area contributed by atoms with Crippen molar-refractivity contribution in [3.05, 3.63) is 52.1 Å². The van der Waals surface area contributed by atoms with Crippen molar-refractivity contribution in [3.63, 3.8) is 0 Å². The van der Waals surface area contributed by atoms with Crippen molar-refractivity contribution in [3.8, 4) is 0 Å². The van der Waals surface area contributed by atoms with Gasteiger partial charge in [0.2, 0.25) is 0 Å². The van der Waals surface area contributed by atoms with Crippen molar-refractivity contribution in [1.82, 2.24) is 9.88 Å². The first-order chi connectivity index (χ1) is 15.8. The van der Waals surface area contributed by atoms with Crippen LogP contribution in [0.25, 0.3) is 0 Å². The number of aromatic nitrogens is 1. The van der Waals surface area contributed by atoms with E-state index < -0.39 is 50.4 Å². The first-order valence-electron chi connectivity index (χ1n) is 10.6. The molecule has 4 atom stereocenters. The molecule has 8 nitrogen and oxygen atoms in total. The Hall–Kier alpha value is -3.15. The topological polar surface area (TPSA) is 114 Å². The van der Waals surface area contributed by atoms with Gasteiger partial charge in [-0.2, -0.15) is 0 Å². The van der Waals surface area contributed by atoms with Crippen molar-refractivity contribution in [2.45, 2.75) is 31.3 Å². The predicted octanol–water partition coefficient (Wildman–Crippen LogP) is 1.85. The van der Waals surface area contributed by atoms with Gasteiger partial charge in [-0.05, 0) is 31.2 Å². The van der Waals surface area contributed by atoms with Gasteiger partial charge in [0.05, 0.1) is 22.6 Å². The van der Waals surface area contributed by atoms with E-state index in [0.29, 0.717) is 29.7 Å². The highest BCUT2D eigenvalue weighted by molar-refractivity contribution is 7.93. The number of Topliss-reactive ketones (excluding diaryl/α,β-unsaturated/α-hetero) is 1. The first-order valence-corrected chi connectivity index (χ1v) is 12.4. The zero-order valence-electron chi connectivity index (χ0n) is 17.9. The summed E-state index contributed by atoms with van der Waals surface area (Å²) in [4.78, 5) is 39.0. The SMILES string of the molecule is Cc1c(C(=O)C(=O)NC2(C)CS(=O)(=O)C2)c2n(c1C(=O)Nc1cc(F)c(F)c(F)c1)C1C3C2[C@@H]31. The zero-order chi connectivity index (χ0) is 24.5. The minimum absolute atomic E-state index is 0.0278. The third kappa shape index (κ3) is 2.77. The van der Waals surface area contributed by atoms with Crippen LogP contribution in [-0.2, 0) is 14.6 Å². The molecule has 0 spiro atoms. The molecule has 178 valence electrons. The highest BCUT2D eigenvalue weighted by Crippen LogP contribution is 2.86. The fourth-order valence-electron chi connectivity index (χ4n) is 5.89. The van der Waals surface area contributed by atoms with Gasteiger partial charge in [0, 0.05) is 35.5 Å². The number of halogens is 3. The summed E-state index contributed by atoms with van der Waals surface area (Å²) in [6, 6.07) is 1.33. The summed E-state index contributed by atoms with van der Waals surface area (Å²) in [7, 11) is -3.25. The molecule has 2 amide bonds. The maximum atomic E-state index is 13.6. The number of nitrogens with zero attached hydrogens (tertiary/aromatic N) is 1. The Labute approximate surface area is 191 Å². The third-order valence-corrected chi connectivity index (χ3v) is 9.42. The maximum absolute atomic E-state index is 13.6. The quantitative estimate of drug-likeness (QED) is 0.375. The fourth-order valence-corrected chi connectivity index (χ4v) is 7.89. The van der Waals surface area contributed by atoms with Crippen LogP contribution < -0.4 is 10.6 Å². The number of nitrogens with one attached hydrogen (secondary N) is 2. The average molecular weight is 493 g/mol. The number of anilines is 1. The van der Waals surface area contributed by atoms with E-state index in [4.69, 9.17) is 0 Å². The van der Waals surface area contributed by atoms with Crippen molar-refractivity contribution < 1.29 is 36.0 Å². The molecule has 1 aromatic heterocycles. The number of carbonyl (C=O) groups excluding carboxylic acids is 3. The van der Waals surface area contributed by atoms with Crippen LogP contribution in [0.5, 0.6) is 0 Å². The van der Waals surface area contributed by atoms with E-state index >= 15 is 0 Å². The van der Waals surface area contributed by atoms with Crippen LogP contribution in [0.3, 0.4) is 0 Å². The highest BCUT2D eigenvalue weighted by atomic mass is 32.2. The Morgan fingerprint density at radius 1 is 1.09 bits per heavy atom. The monoisotopic (exact) mass is 493 g/mol. The number of benzene rings is 1. The van der Waals surface area contributed by atoms with Crippen LogP contribution in [0, 0.1) is 36.2 Å². The van der Waals surface area contributed by atoms with E-state index in [1.807, 2.05) is 0 Å². The molecule has 3 unspecified atom stereocenters. The van der Waals surface area contributed by atoms with Gasteiger partial charge in [-0.3, -0.25) is 14.4 Å². The number of hydrogen-bond acceptors (Lipinski definition) is 5. The third-order valence-electron chi connectivity index (χ3n) is 7.26. The minimum atomic E-state index is -3.25. The summed E-state index contributed by atoms with van der Waals surface area (Å²) in [5.41, 5.74) is -0.291. The minimum Gasteiger partial charge on any atom is -0.342 e. The normalized spacial score (nSPS) is 27.8. The van der Waals surface area contributed by atoms with E-state index in [2.05, 4.69) is 10.6 Å². The molecule has 3 fully saturated rings. The highest BCUT2D eigenvalue weighted by Gasteiger charge is 2.81. The van der Waals surface area contributed by atoms with Gasteiger partial charge < -0.3 is 15.2 Å². The molecule has 2 bridgehead atoms. The molecule has 1 aromatic carbocycles. The van der Waals surface area contributed by atoms with Crippen molar-refractivity contribution in [2.24, 2.45) is 11.8 Å². The second-order valence-electron chi connectivity index (χ2n) is 9.86. The summed E-state index contributed by atoms with van der Waals surface area (Å²) in [6.45, 7) is 3.05. The second kappa shape index (κ2) is 6.29. The number of rotatable bonds is 5. The molecule has 5 aliphatic rings. The number of amides is 2. The molecular weight excluding hydrogens is 475 g/mol. The molecule has 2 aliphatic carbocycles. The second-order valence-corrected chi connectivity index (χ2v) is 11.9. The summed E-state index contributed by atoms with van der Waals surface area (Å²) >= 11 is 0. The van der Waals surface area contributed by atoms with E-state index in [1.54, 1.807) is 4.57 Å². The molecule has 0 radical (unpaired) electrons. The Balaban J connectivity index is 1.32. The van der Waals surface area contributed by atoms with Gasteiger partial charge in [-0.25, -0.2) is 21.6 Å². The van der Waals surface area contributed by atoms with Gasteiger partial charge in [0.25, 0.3) is 17.6 Å². The molecule has 12 heteroatoms. The van der Waals surface area contributed by atoms with E-state index in [9.17, 15) is 36.0 Å². The largest absolute Gasteiger partial charge is 0.342 e. The zero-order valence-corrected chi connectivity index (χ0v) is 18.7. The lowest BCUT2D eigenvalue weighted by molar-refractivity contribution is -0.118. The summed E-state index contributed by atoms with van der Waals surface area (Å²) in [5.74, 6) is -7.01. The lowest BCUT2D eigenvalue weighted by atomic mass is 9.98. The van der Waals surface area contributed by atoms with Crippen LogP contribution >= 0.6 is 0 Å². The molecule has 3 aliphatic heterocycles. The van der Waals surface area contributed by atoms with Crippen LogP contribution in [0.1, 0.15) is 51.0 Å². The first kappa shape index (κ1) is 21.4. The Morgan fingerprint density at radius 3 is 2.24 bits per heavy atom. The molecule has 4 heterocycles. The van der Waals surface area contributed by atoms with Crippen LogP contribution in [0.15, 0.2) is 12.1 Å². The van der Waals surface area contributed by atoms with Crippen molar-refractivity contribution >= 4 is 33.1 Å². The Bertz CT molecular complexity index is 1440. The van der Waals surface area contributed by atoms with E-state index in [0.717, 1.165) is 0 Å². The van der Waals surface area contributed by atoms with Gasteiger partial charge in [-0.15, -0.1) is 0 Å². The van der Waals surface area contributed by atoms with E-state index in [-0.39, 0.29) is 46.0 Å². The molecule has 2 saturated carbocycles. The summed E-state index contributed by atoms with van der Waals surface area (Å²) in [5, 5.41) is 4.85. The van der Waals surface area contributed by atoms with Gasteiger partial charge >= 0.3 is 0 Å².